The van der Waals surface area contributed by atoms with Crippen molar-refractivity contribution in [3.05, 3.63) is 0 Å². The molecule has 0 aromatic heterocycles. The van der Waals surface area contributed by atoms with Crippen molar-refractivity contribution >= 4 is 16.1 Å². The zero-order valence-corrected chi connectivity index (χ0v) is 19.4. The van der Waals surface area contributed by atoms with Crippen molar-refractivity contribution in [2.45, 2.75) is 96.5 Å². The number of nitrogens with zero attached hydrogens (tertiary/aromatic N) is 1. The summed E-state index contributed by atoms with van der Waals surface area (Å²) in [6.45, 7) is 2.53. The second kappa shape index (κ2) is 15.2. The molecule has 0 N–H and O–H groups in total. The molecule has 0 bridgehead atoms. The Balaban J connectivity index is 3.89. The Morgan fingerprint density at radius 2 is 1.29 bits per heavy atom. The summed E-state index contributed by atoms with van der Waals surface area (Å²) in [4.78, 5) is 10.9. The molecule has 0 aromatic carbocycles. The van der Waals surface area contributed by atoms with Gasteiger partial charge in [0, 0.05) is 12.4 Å². The van der Waals surface area contributed by atoms with Gasteiger partial charge in [-0.15, -0.1) is 0 Å². The molecular weight excluding hydrogens is 378 g/mol. The van der Waals surface area contributed by atoms with E-state index in [1.54, 1.807) is 0 Å². The molecule has 0 rings (SSSR count). The molecule has 0 saturated heterocycles. The molecular formula is C21H43NO5S. The van der Waals surface area contributed by atoms with Crippen molar-refractivity contribution in [1.29, 1.82) is 0 Å². The lowest BCUT2D eigenvalue weighted by molar-refractivity contribution is -0.873. The van der Waals surface area contributed by atoms with Gasteiger partial charge in [0.2, 0.25) is 0 Å². The summed E-state index contributed by atoms with van der Waals surface area (Å²) in [6.07, 6.45) is 12.7. The number of carboxylic acids is 1. The van der Waals surface area contributed by atoms with E-state index in [2.05, 4.69) is 6.92 Å². The number of hydrogen-bond donors (Lipinski definition) is 0. The highest BCUT2D eigenvalue weighted by atomic mass is 32.2. The lowest BCUT2D eigenvalue weighted by Gasteiger charge is -2.29. The molecule has 0 spiro atoms. The normalized spacial score (nSPS) is 13.6. The van der Waals surface area contributed by atoms with E-state index in [-0.39, 0.29) is 5.75 Å². The van der Waals surface area contributed by atoms with Crippen LogP contribution in [0, 0.1) is 0 Å². The zero-order valence-electron chi connectivity index (χ0n) is 18.6. The van der Waals surface area contributed by atoms with Crippen molar-refractivity contribution in [3.8, 4) is 0 Å². The maximum Gasteiger partial charge on any atom is 0.267 e. The molecule has 0 radical (unpaired) electrons. The summed E-state index contributed by atoms with van der Waals surface area (Å²) < 4.78 is 29.9. The summed E-state index contributed by atoms with van der Waals surface area (Å²) >= 11 is 0. The highest BCUT2D eigenvalue weighted by Crippen LogP contribution is 2.14. The van der Waals surface area contributed by atoms with E-state index in [0.717, 1.165) is 19.3 Å². The van der Waals surface area contributed by atoms with E-state index < -0.39 is 28.6 Å². The van der Waals surface area contributed by atoms with Gasteiger partial charge in [0.05, 0.1) is 26.9 Å². The average molecular weight is 422 g/mol. The fourth-order valence-electron chi connectivity index (χ4n) is 3.30. The van der Waals surface area contributed by atoms with Gasteiger partial charge < -0.3 is 14.4 Å². The standard InChI is InChI=1S/C21H43NO5S/c1-5-6-7-8-9-10-11-12-13-14-15-16-17-28(25,26)27-20(18-21(23)24)19-22(2,3)4/h20H,5-19H2,1-4H3. The van der Waals surface area contributed by atoms with Crippen LogP contribution in [-0.2, 0) is 19.1 Å². The lowest BCUT2D eigenvalue weighted by atomic mass is 10.1. The fraction of sp³-hybridized carbons (Fsp3) is 0.952. The first-order valence-corrected chi connectivity index (χ1v) is 12.5. The number of carboxylic acid groups (broad SMARTS) is 1. The van der Waals surface area contributed by atoms with E-state index in [9.17, 15) is 18.3 Å². The van der Waals surface area contributed by atoms with Crippen molar-refractivity contribution in [2.75, 3.05) is 33.4 Å². The van der Waals surface area contributed by atoms with E-state index in [4.69, 9.17) is 4.18 Å². The number of unbranched alkanes of at least 4 members (excludes halogenated alkanes) is 11. The first-order chi connectivity index (χ1) is 13.1. The van der Waals surface area contributed by atoms with Crippen LogP contribution in [0.3, 0.4) is 0 Å². The van der Waals surface area contributed by atoms with Crippen molar-refractivity contribution in [3.63, 3.8) is 0 Å². The molecule has 0 aliphatic heterocycles. The summed E-state index contributed by atoms with van der Waals surface area (Å²) in [5, 5.41) is 10.9. The molecule has 0 aliphatic rings. The number of hydrogen-bond acceptors (Lipinski definition) is 5. The molecule has 0 saturated carbocycles. The second-order valence-corrected chi connectivity index (χ2v) is 10.6. The van der Waals surface area contributed by atoms with Crippen LogP contribution >= 0.6 is 0 Å². The molecule has 0 fully saturated rings. The lowest BCUT2D eigenvalue weighted by Crippen LogP contribution is -2.45. The Kier molecular flexibility index (Phi) is 14.9. The highest BCUT2D eigenvalue weighted by Gasteiger charge is 2.25. The molecule has 6 nitrogen and oxygen atoms in total. The highest BCUT2D eigenvalue weighted by molar-refractivity contribution is 7.86. The largest absolute Gasteiger partial charge is 0.550 e. The van der Waals surface area contributed by atoms with Crippen LogP contribution in [0.25, 0.3) is 0 Å². The summed E-state index contributed by atoms with van der Waals surface area (Å²) in [6, 6.07) is 0. The van der Waals surface area contributed by atoms with Gasteiger partial charge in [-0.2, -0.15) is 8.42 Å². The van der Waals surface area contributed by atoms with Crippen LogP contribution < -0.4 is 5.11 Å². The SMILES string of the molecule is CCCCCCCCCCCCCCS(=O)(=O)OC(CC(=O)[O-])C[N+](C)(C)C. The Morgan fingerprint density at radius 3 is 1.68 bits per heavy atom. The summed E-state index contributed by atoms with van der Waals surface area (Å²) in [5.74, 6) is -1.34. The van der Waals surface area contributed by atoms with Gasteiger partial charge in [-0.3, -0.25) is 4.18 Å². The van der Waals surface area contributed by atoms with Gasteiger partial charge in [0.15, 0.2) is 0 Å². The van der Waals surface area contributed by atoms with Crippen LogP contribution in [0.1, 0.15) is 90.4 Å². The molecule has 28 heavy (non-hydrogen) atoms. The predicted molar refractivity (Wildman–Crippen MR) is 112 cm³/mol. The molecule has 1 atom stereocenters. The van der Waals surface area contributed by atoms with Crippen LogP contribution in [0.15, 0.2) is 0 Å². The Hall–Kier alpha value is -0.660. The summed E-state index contributed by atoms with van der Waals surface area (Å²) in [7, 11) is 1.88. The Bertz CT molecular complexity index is 499. The molecule has 7 heteroatoms. The molecule has 0 aliphatic carbocycles. The first kappa shape index (κ1) is 27.3. The van der Waals surface area contributed by atoms with E-state index in [1.165, 1.54) is 51.4 Å². The monoisotopic (exact) mass is 421 g/mol. The van der Waals surface area contributed by atoms with Gasteiger partial charge in [0.1, 0.15) is 12.6 Å². The minimum atomic E-state index is -3.71. The third kappa shape index (κ3) is 18.7. The average Bonchev–Trinajstić information content (AvgIpc) is 2.53. The van der Waals surface area contributed by atoms with Crippen LogP contribution in [0.5, 0.6) is 0 Å². The third-order valence-corrected chi connectivity index (χ3v) is 6.03. The minimum absolute atomic E-state index is 0.0505. The molecule has 0 aromatic rings. The van der Waals surface area contributed by atoms with E-state index >= 15 is 0 Å². The molecule has 168 valence electrons. The van der Waals surface area contributed by atoms with Crippen molar-refractivity contribution in [2.24, 2.45) is 0 Å². The Labute approximate surface area is 173 Å². The van der Waals surface area contributed by atoms with Crippen LogP contribution in [-0.4, -0.2) is 58.4 Å². The first-order valence-electron chi connectivity index (χ1n) is 11.0. The topological polar surface area (TPSA) is 83.5 Å². The van der Waals surface area contributed by atoms with Gasteiger partial charge in [-0.05, 0) is 6.42 Å². The number of quaternary nitrogens is 1. The molecule has 0 heterocycles. The smallest absolute Gasteiger partial charge is 0.267 e. The number of rotatable bonds is 19. The van der Waals surface area contributed by atoms with Gasteiger partial charge in [-0.1, -0.05) is 77.6 Å². The van der Waals surface area contributed by atoms with E-state index in [0.29, 0.717) is 17.4 Å². The summed E-state index contributed by atoms with van der Waals surface area (Å²) in [5.41, 5.74) is 0. The van der Waals surface area contributed by atoms with Crippen LogP contribution in [0.2, 0.25) is 0 Å². The molecule has 0 amide bonds. The Morgan fingerprint density at radius 1 is 0.857 bits per heavy atom. The minimum Gasteiger partial charge on any atom is -0.550 e. The zero-order chi connectivity index (χ0) is 21.5. The number of likely N-dealkylation sites (N-methyl/N-ethyl adjacent to an activating group) is 1. The predicted octanol–water partition coefficient (Wildman–Crippen LogP) is 3.25. The maximum absolute atomic E-state index is 12.1. The quantitative estimate of drug-likeness (QED) is 0.182. The third-order valence-electron chi connectivity index (χ3n) is 4.68. The van der Waals surface area contributed by atoms with Gasteiger partial charge >= 0.3 is 0 Å². The van der Waals surface area contributed by atoms with Gasteiger partial charge in [-0.25, -0.2) is 0 Å². The number of carbonyl (C=O) groups excluding carboxylic acids is 1. The van der Waals surface area contributed by atoms with Crippen molar-refractivity contribution in [1.82, 2.24) is 0 Å². The van der Waals surface area contributed by atoms with Gasteiger partial charge in [0.25, 0.3) is 10.1 Å². The fourth-order valence-corrected chi connectivity index (χ4v) is 4.50. The van der Waals surface area contributed by atoms with Crippen molar-refractivity contribution < 1.29 is 27.0 Å². The number of aliphatic carboxylic acids is 1. The maximum atomic E-state index is 12.1. The number of carbonyl (C=O) groups is 1. The second-order valence-electron chi connectivity index (χ2n) is 8.92. The molecule has 1 unspecified atom stereocenters. The van der Waals surface area contributed by atoms with Crippen LogP contribution in [0.4, 0.5) is 0 Å². The van der Waals surface area contributed by atoms with E-state index in [1.807, 2.05) is 21.1 Å².